The van der Waals surface area contributed by atoms with Crippen molar-refractivity contribution in [1.29, 1.82) is 0 Å². The number of unbranched alkanes of at least 4 members (excludes halogenated alkanes) is 4. The molecule has 128 valence electrons. The smallest absolute Gasteiger partial charge is 0.224 e. The van der Waals surface area contributed by atoms with Gasteiger partial charge in [0.1, 0.15) is 5.75 Å². The van der Waals surface area contributed by atoms with Crippen LogP contribution in [-0.4, -0.2) is 25.5 Å². The van der Waals surface area contributed by atoms with E-state index in [2.05, 4.69) is 17.6 Å². The van der Waals surface area contributed by atoms with E-state index in [1.807, 2.05) is 0 Å². The highest BCUT2D eigenvalue weighted by atomic mass is 16.5. The number of rotatable bonds is 11. The Labute approximate surface area is 138 Å². The molecule has 0 spiro atoms. The van der Waals surface area contributed by atoms with E-state index in [0.717, 1.165) is 18.6 Å². The minimum Gasteiger partial charge on any atom is -0.497 e. The van der Waals surface area contributed by atoms with Crippen LogP contribution >= 0.6 is 0 Å². The van der Waals surface area contributed by atoms with Gasteiger partial charge in [-0.05, 0) is 30.7 Å². The summed E-state index contributed by atoms with van der Waals surface area (Å²) in [5.41, 5.74) is 0.701. The van der Waals surface area contributed by atoms with Crippen molar-refractivity contribution in [2.45, 2.75) is 51.9 Å². The van der Waals surface area contributed by atoms with Gasteiger partial charge in [0.15, 0.2) is 0 Å². The fraction of sp³-hybridized carbons (Fsp3) is 0.556. The first-order valence-electron chi connectivity index (χ1n) is 8.36. The van der Waals surface area contributed by atoms with Crippen LogP contribution in [0, 0.1) is 0 Å². The molecule has 0 saturated heterocycles. The fourth-order valence-electron chi connectivity index (χ4n) is 2.17. The summed E-state index contributed by atoms with van der Waals surface area (Å²) in [5, 5.41) is 5.62. The van der Waals surface area contributed by atoms with Gasteiger partial charge in [-0.1, -0.05) is 32.6 Å². The van der Waals surface area contributed by atoms with E-state index in [9.17, 15) is 9.59 Å². The molecule has 0 aliphatic heterocycles. The predicted molar refractivity (Wildman–Crippen MR) is 92.6 cm³/mol. The molecule has 0 aromatic heterocycles. The zero-order valence-electron chi connectivity index (χ0n) is 14.2. The Balaban J connectivity index is 2.13. The van der Waals surface area contributed by atoms with E-state index in [1.165, 1.54) is 19.3 Å². The number of hydrogen-bond acceptors (Lipinski definition) is 3. The molecule has 0 atom stereocenters. The van der Waals surface area contributed by atoms with Crippen LogP contribution in [-0.2, 0) is 9.59 Å². The first-order valence-corrected chi connectivity index (χ1v) is 8.36. The molecular formula is C18H28N2O3. The summed E-state index contributed by atoms with van der Waals surface area (Å²) in [5.74, 6) is 0.514. The molecule has 0 aliphatic carbocycles. The molecule has 2 amide bonds. The third kappa shape index (κ3) is 8.86. The molecule has 1 aromatic rings. The van der Waals surface area contributed by atoms with Gasteiger partial charge in [0, 0.05) is 25.1 Å². The molecule has 0 fully saturated rings. The molecule has 0 aliphatic rings. The first-order chi connectivity index (χ1) is 11.2. The molecule has 0 bridgehead atoms. The summed E-state index contributed by atoms with van der Waals surface area (Å²) in [6.45, 7) is 2.88. The fourth-order valence-corrected chi connectivity index (χ4v) is 2.17. The van der Waals surface area contributed by atoms with Crippen LogP contribution in [0.25, 0.3) is 0 Å². The predicted octanol–water partition coefficient (Wildman–Crippen LogP) is 3.50. The highest BCUT2D eigenvalue weighted by Crippen LogP contribution is 2.15. The summed E-state index contributed by atoms with van der Waals surface area (Å²) in [6, 6.07) is 7.10. The second-order valence-electron chi connectivity index (χ2n) is 5.54. The second-order valence-corrected chi connectivity index (χ2v) is 5.54. The van der Waals surface area contributed by atoms with Gasteiger partial charge in [-0.2, -0.15) is 0 Å². The lowest BCUT2D eigenvalue weighted by Crippen LogP contribution is -2.25. The Bertz CT molecular complexity index is 472. The number of carbonyl (C=O) groups excluding carboxylic acids is 2. The summed E-state index contributed by atoms with van der Waals surface area (Å²) in [6.07, 6.45) is 6.24. The van der Waals surface area contributed by atoms with Crippen molar-refractivity contribution in [3.8, 4) is 5.75 Å². The zero-order chi connectivity index (χ0) is 16.9. The van der Waals surface area contributed by atoms with Gasteiger partial charge in [0.25, 0.3) is 0 Å². The molecule has 5 nitrogen and oxygen atoms in total. The molecular weight excluding hydrogens is 292 g/mol. The van der Waals surface area contributed by atoms with Crippen molar-refractivity contribution in [1.82, 2.24) is 5.32 Å². The molecule has 2 N–H and O–H groups in total. The number of carbonyl (C=O) groups is 2. The lowest BCUT2D eigenvalue weighted by Gasteiger charge is -2.07. The average Bonchev–Trinajstić information content (AvgIpc) is 2.57. The van der Waals surface area contributed by atoms with Gasteiger partial charge >= 0.3 is 0 Å². The third-order valence-electron chi connectivity index (χ3n) is 3.56. The van der Waals surface area contributed by atoms with Gasteiger partial charge < -0.3 is 15.4 Å². The van der Waals surface area contributed by atoms with Gasteiger partial charge in [0.05, 0.1) is 7.11 Å². The van der Waals surface area contributed by atoms with Crippen molar-refractivity contribution < 1.29 is 14.3 Å². The molecule has 5 heteroatoms. The topological polar surface area (TPSA) is 67.4 Å². The Morgan fingerprint density at radius 1 is 0.957 bits per heavy atom. The lowest BCUT2D eigenvalue weighted by atomic mass is 10.1. The van der Waals surface area contributed by atoms with E-state index < -0.39 is 0 Å². The number of hydrogen-bond donors (Lipinski definition) is 2. The van der Waals surface area contributed by atoms with Crippen molar-refractivity contribution in [3.05, 3.63) is 24.3 Å². The lowest BCUT2D eigenvalue weighted by molar-refractivity contribution is -0.124. The summed E-state index contributed by atoms with van der Waals surface area (Å²) < 4.78 is 5.06. The van der Waals surface area contributed by atoms with Crippen LogP contribution in [0.3, 0.4) is 0 Å². The molecule has 1 rings (SSSR count). The Morgan fingerprint density at radius 3 is 2.26 bits per heavy atom. The maximum atomic E-state index is 11.8. The highest BCUT2D eigenvalue weighted by Gasteiger charge is 2.07. The van der Waals surface area contributed by atoms with Crippen molar-refractivity contribution >= 4 is 17.5 Å². The quantitative estimate of drug-likeness (QED) is 0.613. The molecule has 0 saturated carbocycles. The maximum absolute atomic E-state index is 11.8. The average molecular weight is 320 g/mol. The zero-order valence-corrected chi connectivity index (χ0v) is 14.2. The standard InChI is InChI=1S/C18H28N2O3/c1-3-4-5-6-7-14-19-17(21)12-13-18(22)20-15-8-10-16(23-2)11-9-15/h8-11H,3-7,12-14H2,1-2H3,(H,19,21)(H,20,22). The Morgan fingerprint density at radius 2 is 1.61 bits per heavy atom. The molecule has 0 radical (unpaired) electrons. The number of methoxy groups -OCH3 is 1. The minimum absolute atomic E-state index is 0.0645. The molecule has 23 heavy (non-hydrogen) atoms. The maximum Gasteiger partial charge on any atom is 0.224 e. The van der Waals surface area contributed by atoms with Gasteiger partial charge in [-0.25, -0.2) is 0 Å². The minimum atomic E-state index is -0.159. The molecule has 0 unspecified atom stereocenters. The number of benzene rings is 1. The number of amides is 2. The summed E-state index contributed by atoms with van der Waals surface area (Å²) in [7, 11) is 1.59. The van der Waals surface area contributed by atoms with E-state index in [1.54, 1.807) is 31.4 Å². The summed E-state index contributed by atoms with van der Waals surface area (Å²) in [4.78, 5) is 23.5. The second kappa shape index (κ2) is 11.5. The van der Waals surface area contributed by atoms with E-state index in [4.69, 9.17) is 4.74 Å². The first kappa shape index (κ1) is 19.0. The van der Waals surface area contributed by atoms with Crippen LogP contribution in [0.4, 0.5) is 5.69 Å². The van der Waals surface area contributed by atoms with Crippen LogP contribution in [0.15, 0.2) is 24.3 Å². The van der Waals surface area contributed by atoms with Crippen LogP contribution in [0.1, 0.15) is 51.9 Å². The van der Waals surface area contributed by atoms with Crippen LogP contribution in [0.2, 0.25) is 0 Å². The van der Waals surface area contributed by atoms with Crippen LogP contribution < -0.4 is 15.4 Å². The Hall–Kier alpha value is -2.04. The van der Waals surface area contributed by atoms with E-state index in [-0.39, 0.29) is 24.7 Å². The van der Waals surface area contributed by atoms with Crippen molar-refractivity contribution in [2.75, 3.05) is 19.0 Å². The normalized spacial score (nSPS) is 10.2. The third-order valence-corrected chi connectivity index (χ3v) is 3.56. The number of anilines is 1. The molecule has 1 aromatic carbocycles. The van der Waals surface area contributed by atoms with Gasteiger partial charge in [-0.3, -0.25) is 9.59 Å². The number of nitrogens with one attached hydrogen (secondary N) is 2. The van der Waals surface area contributed by atoms with Crippen LogP contribution in [0.5, 0.6) is 5.75 Å². The van der Waals surface area contributed by atoms with Gasteiger partial charge in [-0.15, -0.1) is 0 Å². The highest BCUT2D eigenvalue weighted by molar-refractivity contribution is 5.93. The van der Waals surface area contributed by atoms with Crippen molar-refractivity contribution in [2.24, 2.45) is 0 Å². The number of ether oxygens (including phenoxy) is 1. The van der Waals surface area contributed by atoms with E-state index >= 15 is 0 Å². The Kier molecular flexibility index (Phi) is 9.52. The SMILES string of the molecule is CCCCCCCNC(=O)CCC(=O)Nc1ccc(OC)cc1. The van der Waals surface area contributed by atoms with E-state index in [0.29, 0.717) is 12.2 Å². The van der Waals surface area contributed by atoms with Gasteiger partial charge in [0.2, 0.25) is 11.8 Å². The van der Waals surface area contributed by atoms with Crippen molar-refractivity contribution in [3.63, 3.8) is 0 Å². The monoisotopic (exact) mass is 320 g/mol. The largest absolute Gasteiger partial charge is 0.497 e. The summed E-state index contributed by atoms with van der Waals surface area (Å²) >= 11 is 0. The molecule has 0 heterocycles.